The van der Waals surface area contributed by atoms with E-state index in [9.17, 15) is 9.59 Å². The Labute approximate surface area is 105 Å². The molecule has 0 radical (unpaired) electrons. The molecule has 0 saturated carbocycles. The van der Waals surface area contributed by atoms with Gasteiger partial charge in [0.25, 0.3) is 0 Å². The van der Waals surface area contributed by atoms with Gasteiger partial charge in [-0.05, 0) is 24.6 Å². The summed E-state index contributed by atoms with van der Waals surface area (Å²) in [6.07, 6.45) is 0. The summed E-state index contributed by atoms with van der Waals surface area (Å²) in [7, 11) is 0. The van der Waals surface area contributed by atoms with Crippen LogP contribution in [0.5, 0.6) is 0 Å². The number of hydrogen-bond acceptors (Lipinski definition) is 4. The predicted molar refractivity (Wildman–Crippen MR) is 66.7 cm³/mol. The van der Waals surface area contributed by atoms with E-state index in [4.69, 9.17) is 10.5 Å². The van der Waals surface area contributed by atoms with Crippen LogP contribution in [0.15, 0.2) is 24.3 Å². The fourth-order valence-corrected chi connectivity index (χ4v) is 2.18. The summed E-state index contributed by atoms with van der Waals surface area (Å²) in [5.74, 6) is -1.67. The molecule has 18 heavy (non-hydrogen) atoms. The molecule has 1 fully saturated rings. The molecule has 1 aromatic rings. The number of anilines is 1. The molecule has 1 aliphatic rings. The number of carbonyl (C=O) groups is 2. The van der Waals surface area contributed by atoms with Crippen molar-refractivity contribution in [2.24, 2.45) is 5.92 Å². The first-order chi connectivity index (χ1) is 8.63. The first kappa shape index (κ1) is 12.4. The molecule has 5 nitrogen and oxygen atoms in total. The number of esters is 1. The van der Waals surface area contributed by atoms with Gasteiger partial charge in [0.15, 0.2) is 0 Å². The molecule has 2 unspecified atom stereocenters. The summed E-state index contributed by atoms with van der Waals surface area (Å²) in [6.45, 7) is 2.45. The molecule has 1 aliphatic heterocycles. The molecule has 3 N–H and O–H groups in total. The van der Waals surface area contributed by atoms with Crippen LogP contribution in [0.4, 0.5) is 5.69 Å². The lowest BCUT2D eigenvalue weighted by atomic mass is 9.88. The van der Waals surface area contributed by atoms with Gasteiger partial charge in [0, 0.05) is 18.2 Å². The number of nitrogens with two attached hydrogens (primary N) is 1. The third-order valence-corrected chi connectivity index (χ3v) is 3.09. The number of carbonyl (C=O) groups excluding carboxylic acids is 2. The summed E-state index contributed by atoms with van der Waals surface area (Å²) in [5, 5.41) is 2.70. The zero-order valence-corrected chi connectivity index (χ0v) is 10.2. The van der Waals surface area contributed by atoms with Crippen LogP contribution in [0.25, 0.3) is 0 Å². The van der Waals surface area contributed by atoms with Crippen molar-refractivity contribution in [2.75, 3.05) is 18.9 Å². The number of amides is 1. The standard InChI is InChI=1S/C13H16N2O3/c1-2-18-13(17)11-10(7-15-12(11)16)8-3-5-9(14)6-4-8/h3-6,10-11H,2,7,14H2,1H3,(H,15,16). The lowest BCUT2D eigenvalue weighted by molar-refractivity contribution is -0.151. The fraction of sp³-hybridized carbons (Fsp3) is 0.385. The van der Waals surface area contributed by atoms with Crippen molar-refractivity contribution in [1.82, 2.24) is 5.32 Å². The van der Waals surface area contributed by atoms with E-state index in [1.807, 2.05) is 12.1 Å². The Morgan fingerprint density at radius 3 is 2.72 bits per heavy atom. The van der Waals surface area contributed by atoms with Crippen molar-refractivity contribution in [3.8, 4) is 0 Å². The highest BCUT2D eigenvalue weighted by atomic mass is 16.5. The van der Waals surface area contributed by atoms with Gasteiger partial charge in [0.05, 0.1) is 6.61 Å². The number of hydrogen-bond donors (Lipinski definition) is 2. The molecular weight excluding hydrogens is 232 g/mol. The third-order valence-electron chi connectivity index (χ3n) is 3.09. The molecule has 1 saturated heterocycles. The first-order valence-corrected chi connectivity index (χ1v) is 5.93. The second kappa shape index (κ2) is 5.08. The maximum Gasteiger partial charge on any atom is 0.319 e. The molecular formula is C13H16N2O3. The van der Waals surface area contributed by atoms with Crippen molar-refractivity contribution in [3.05, 3.63) is 29.8 Å². The Morgan fingerprint density at radius 2 is 2.11 bits per heavy atom. The van der Waals surface area contributed by atoms with Crippen LogP contribution in [0.3, 0.4) is 0 Å². The van der Waals surface area contributed by atoms with Gasteiger partial charge in [0.1, 0.15) is 5.92 Å². The highest BCUT2D eigenvalue weighted by Crippen LogP contribution is 2.30. The Balaban J connectivity index is 2.23. The van der Waals surface area contributed by atoms with Crippen molar-refractivity contribution in [2.45, 2.75) is 12.8 Å². The maximum atomic E-state index is 11.8. The van der Waals surface area contributed by atoms with Gasteiger partial charge < -0.3 is 15.8 Å². The second-order valence-electron chi connectivity index (χ2n) is 4.25. The summed E-state index contributed by atoms with van der Waals surface area (Å²) < 4.78 is 4.95. The minimum absolute atomic E-state index is 0.183. The van der Waals surface area contributed by atoms with Gasteiger partial charge in [0.2, 0.25) is 5.91 Å². The maximum absolute atomic E-state index is 11.8. The molecule has 0 bridgehead atoms. The number of ether oxygens (including phenoxy) is 1. The number of nitrogen functional groups attached to an aromatic ring is 1. The van der Waals surface area contributed by atoms with Gasteiger partial charge >= 0.3 is 5.97 Å². The first-order valence-electron chi connectivity index (χ1n) is 5.93. The molecule has 2 atom stereocenters. The van der Waals surface area contributed by atoms with Crippen molar-refractivity contribution in [1.29, 1.82) is 0 Å². The van der Waals surface area contributed by atoms with E-state index in [1.54, 1.807) is 19.1 Å². The van der Waals surface area contributed by atoms with Crippen molar-refractivity contribution < 1.29 is 14.3 Å². The smallest absolute Gasteiger partial charge is 0.319 e. The highest BCUT2D eigenvalue weighted by Gasteiger charge is 2.41. The second-order valence-corrected chi connectivity index (χ2v) is 4.25. The molecule has 0 aliphatic carbocycles. The zero-order valence-electron chi connectivity index (χ0n) is 10.2. The molecule has 1 heterocycles. The van der Waals surface area contributed by atoms with Crippen LogP contribution in [-0.2, 0) is 14.3 Å². The van der Waals surface area contributed by atoms with E-state index in [0.717, 1.165) is 5.56 Å². The topological polar surface area (TPSA) is 81.4 Å². The molecule has 0 aromatic heterocycles. The highest BCUT2D eigenvalue weighted by molar-refractivity contribution is 6.00. The average molecular weight is 248 g/mol. The van der Waals surface area contributed by atoms with Gasteiger partial charge in [-0.1, -0.05) is 12.1 Å². The number of nitrogens with one attached hydrogen (secondary N) is 1. The van der Waals surface area contributed by atoms with E-state index in [1.165, 1.54) is 0 Å². The summed E-state index contributed by atoms with van der Waals surface area (Å²) in [6, 6.07) is 7.21. The third kappa shape index (κ3) is 2.30. The predicted octanol–water partition coefficient (Wildman–Crippen LogP) is 0.661. The average Bonchev–Trinajstić information content (AvgIpc) is 2.72. The molecule has 1 aromatic carbocycles. The quantitative estimate of drug-likeness (QED) is 0.468. The Kier molecular flexibility index (Phi) is 3.50. The van der Waals surface area contributed by atoms with Crippen LogP contribution < -0.4 is 11.1 Å². The zero-order chi connectivity index (χ0) is 13.1. The van der Waals surface area contributed by atoms with Crippen molar-refractivity contribution in [3.63, 3.8) is 0 Å². The lowest BCUT2D eigenvalue weighted by Gasteiger charge is -2.15. The molecule has 5 heteroatoms. The Hall–Kier alpha value is -2.04. The molecule has 96 valence electrons. The van der Waals surface area contributed by atoms with Crippen LogP contribution >= 0.6 is 0 Å². The minimum atomic E-state index is -0.756. The SMILES string of the molecule is CCOC(=O)C1C(=O)NCC1c1ccc(N)cc1. The largest absolute Gasteiger partial charge is 0.465 e. The molecule has 0 spiro atoms. The van der Waals surface area contributed by atoms with Gasteiger partial charge in [-0.3, -0.25) is 9.59 Å². The van der Waals surface area contributed by atoms with E-state index in [-0.39, 0.29) is 18.4 Å². The van der Waals surface area contributed by atoms with Crippen LogP contribution in [-0.4, -0.2) is 25.0 Å². The van der Waals surface area contributed by atoms with Crippen molar-refractivity contribution >= 4 is 17.6 Å². The summed E-state index contributed by atoms with van der Waals surface area (Å²) >= 11 is 0. The Morgan fingerprint density at radius 1 is 1.44 bits per heavy atom. The van der Waals surface area contributed by atoms with E-state index >= 15 is 0 Å². The van der Waals surface area contributed by atoms with E-state index in [2.05, 4.69) is 5.32 Å². The molecule has 2 rings (SSSR count). The normalized spacial score (nSPS) is 22.6. The fourth-order valence-electron chi connectivity index (χ4n) is 2.18. The van der Waals surface area contributed by atoms with Gasteiger partial charge in [-0.2, -0.15) is 0 Å². The van der Waals surface area contributed by atoms with Crippen LogP contribution in [0.2, 0.25) is 0 Å². The number of rotatable bonds is 3. The summed E-state index contributed by atoms with van der Waals surface area (Å²) in [5.41, 5.74) is 7.19. The molecule has 1 amide bonds. The van der Waals surface area contributed by atoms with E-state index < -0.39 is 11.9 Å². The van der Waals surface area contributed by atoms with Gasteiger partial charge in [-0.15, -0.1) is 0 Å². The number of benzene rings is 1. The summed E-state index contributed by atoms with van der Waals surface area (Å²) in [4.78, 5) is 23.5. The van der Waals surface area contributed by atoms with Crippen LogP contribution in [0.1, 0.15) is 18.4 Å². The van der Waals surface area contributed by atoms with Gasteiger partial charge in [-0.25, -0.2) is 0 Å². The van der Waals surface area contributed by atoms with E-state index in [0.29, 0.717) is 12.2 Å². The minimum Gasteiger partial charge on any atom is -0.465 e. The van der Waals surface area contributed by atoms with Crippen LogP contribution in [0, 0.1) is 5.92 Å². The Bertz CT molecular complexity index is 456. The monoisotopic (exact) mass is 248 g/mol. The lowest BCUT2D eigenvalue weighted by Crippen LogP contribution is -2.28.